The fraction of sp³-hybridized carbons (Fsp3) is 0.200. The zero-order valence-electron chi connectivity index (χ0n) is 8.96. The summed E-state index contributed by atoms with van der Waals surface area (Å²) in [6.07, 6.45) is 1.82. The zero-order valence-corrected chi connectivity index (χ0v) is 9.78. The fourth-order valence-electron chi connectivity index (χ4n) is 1.25. The molecule has 3 N–H and O–H groups in total. The second-order valence-corrected chi connectivity index (χ2v) is 4.24. The van der Waals surface area contributed by atoms with Crippen molar-refractivity contribution in [3.8, 4) is 0 Å². The van der Waals surface area contributed by atoms with Crippen LogP contribution >= 0.6 is 11.3 Å². The van der Waals surface area contributed by atoms with Crippen molar-refractivity contribution in [3.63, 3.8) is 0 Å². The van der Waals surface area contributed by atoms with Crippen molar-refractivity contribution in [3.05, 3.63) is 35.1 Å². The van der Waals surface area contributed by atoms with Gasteiger partial charge in [-0.05, 0) is 12.1 Å². The maximum absolute atomic E-state index is 11.6. The summed E-state index contributed by atoms with van der Waals surface area (Å²) in [5.41, 5.74) is 6.88. The molecule has 0 saturated heterocycles. The third-order valence-corrected chi connectivity index (χ3v) is 2.73. The Bertz CT molecular complexity index is 498. The minimum atomic E-state index is -0.110. The molecule has 7 heteroatoms. The van der Waals surface area contributed by atoms with Crippen LogP contribution in [0.1, 0.15) is 11.4 Å². The second kappa shape index (κ2) is 5.35. The van der Waals surface area contributed by atoms with E-state index < -0.39 is 0 Å². The van der Waals surface area contributed by atoms with Crippen molar-refractivity contribution in [1.29, 1.82) is 0 Å². The number of nitrogens with zero attached hydrogens (tertiary/aromatic N) is 3. The monoisotopic (exact) mass is 249 g/mol. The highest BCUT2D eigenvalue weighted by Gasteiger charge is 2.06. The molecule has 0 spiro atoms. The van der Waals surface area contributed by atoms with Crippen molar-refractivity contribution < 1.29 is 4.79 Å². The Balaban J connectivity index is 1.82. The molecule has 1 amide bonds. The molecular formula is C10H11N5OS. The first kappa shape index (κ1) is 11.5. The molecule has 2 aromatic heterocycles. The van der Waals surface area contributed by atoms with Crippen LogP contribution in [0.15, 0.2) is 23.7 Å². The van der Waals surface area contributed by atoms with Crippen LogP contribution in [-0.2, 0) is 17.8 Å². The largest absolute Gasteiger partial charge is 0.375 e. The van der Waals surface area contributed by atoms with Crippen LogP contribution in [0.2, 0.25) is 0 Å². The molecule has 0 aliphatic carbocycles. The van der Waals surface area contributed by atoms with E-state index in [-0.39, 0.29) is 12.3 Å². The van der Waals surface area contributed by atoms with Gasteiger partial charge in [-0.2, -0.15) is 10.2 Å². The van der Waals surface area contributed by atoms with E-state index in [2.05, 4.69) is 20.5 Å². The van der Waals surface area contributed by atoms with E-state index in [1.807, 2.05) is 0 Å². The number of rotatable bonds is 4. The zero-order chi connectivity index (χ0) is 12.1. The number of anilines is 1. The van der Waals surface area contributed by atoms with E-state index in [0.29, 0.717) is 17.4 Å². The molecule has 0 aliphatic heterocycles. The van der Waals surface area contributed by atoms with Crippen molar-refractivity contribution in [1.82, 2.24) is 20.5 Å². The quantitative estimate of drug-likeness (QED) is 0.816. The summed E-state index contributed by atoms with van der Waals surface area (Å²) in [6.45, 7) is 0.367. The summed E-state index contributed by atoms with van der Waals surface area (Å²) in [4.78, 5) is 15.6. The van der Waals surface area contributed by atoms with E-state index in [9.17, 15) is 4.79 Å². The van der Waals surface area contributed by atoms with Crippen molar-refractivity contribution in [2.45, 2.75) is 13.0 Å². The average molecular weight is 249 g/mol. The standard InChI is InChI=1S/C10H11N5OS/c11-10-14-8(6-17-10)4-9(16)12-5-7-2-1-3-13-15-7/h1-3,6H,4-5H2,(H2,11,14)(H,12,16). The Morgan fingerprint density at radius 1 is 1.47 bits per heavy atom. The third-order valence-electron chi connectivity index (χ3n) is 2.01. The Morgan fingerprint density at radius 2 is 2.35 bits per heavy atom. The van der Waals surface area contributed by atoms with Crippen LogP contribution in [0.5, 0.6) is 0 Å². The molecule has 2 rings (SSSR count). The lowest BCUT2D eigenvalue weighted by Gasteiger charge is -2.02. The van der Waals surface area contributed by atoms with Gasteiger partial charge in [-0.25, -0.2) is 4.98 Å². The highest BCUT2D eigenvalue weighted by Crippen LogP contribution is 2.11. The molecule has 88 valence electrons. The minimum Gasteiger partial charge on any atom is -0.375 e. The number of nitrogens with two attached hydrogens (primary N) is 1. The molecule has 0 unspecified atom stereocenters. The van der Waals surface area contributed by atoms with Crippen LogP contribution in [-0.4, -0.2) is 21.1 Å². The molecule has 0 fully saturated rings. The van der Waals surface area contributed by atoms with Gasteiger partial charge in [0.2, 0.25) is 5.91 Å². The number of hydrogen-bond acceptors (Lipinski definition) is 6. The normalized spacial score (nSPS) is 10.1. The first-order valence-electron chi connectivity index (χ1n) is 4.97. The molecule has 17 heavy (non-hydrogen) atoms. The van der Waals surface area contributed by atoms with Gasteiger partial charge in [0.25, 0.3) is 0 Å². The highest BCUT2D eigenvalue weighted by atomic mass is 32.1. The van der Waals surface area contributed by atoms with Gasteiger partial charge in [0.05, 0.1) is 24.4 Å². The number of nitrogen functional groups attached to an aromatic ring is 1. The van der Waals surface area contributed by atoms with Gasteiger partial charge in [0.15, 0.2) is 5.13 Å². The molecular weight excluding hydrogens is 238 g/mol. The Hall–Kier alpha value is -2.02. The molecule has 0 saturated carbocycles. The van der Waals surface area contributed by atoms with Crippen LogP contribution in [0, 0.1) is 0 Å². The van der Waals surface area contributed by atoms with Gasteiger partial charge in [-0.1, -0.05) is 0 Å². The maximum Gasteiger partial charge on any atom is 0.226 e. The molecule has 0 radical (unpaired) electrons. The molecule has 0 aliphatic rings. The minimum absolute atomic E-state index is 0.110. The Kier molecular flexibility index (Phi) is 3.61. The summed E-state index contributed by atoms with van der Waals surface area (Å²) in [5, 5.41) is 12.6. The Morgan fingerprint density at radius 3 is 3.00 bits per heavy atom. The molecule has 6 nitrogen and oxygen atoms in total. The van der Waals surface area contributed by atoms with Crippen LogP contribution in [0.3, 0.4) is 0 Å². The highest BCUT2D eigenvalue weighted by molar-refractivity contribution is 7.13. The lowest BCUT2D eigenvalue weighted by atomic mass is 10.3. The number of carbonyl (C=O) groups excluding carboxylic acids is 1. The number of thiazole rings is 1. The van der Waals surface area contributed by atoms with Gasteiger partial charge in [-0.15, -0.1) is 11.3 Å². The number of nitrogens with one attached hydrogen (secondary N) is 1. The lowest BCUT2D eigenvalue weighted by molar-refractivity contribution is -0.120. The van der Waals surface area contributed by atoms with Gasteiger partial charge in [0.1, 0.15) is 0 Å². The predicted molar refractivity (Wildman–Crippen MR) is 64.1 cm³/mol. The van der Waals surface area contributed by atoms with Gasteiger partial charge >= 0.3 is 0 Å². The van der Waals surface area contributed by atoms with Crippen molar-refractivity contribution in [2.24, 2.45) is 0 Å². The van der Waals surface area contributed by atoms with E-state index in [4.69, 9.17) is 5.73 Å². The molecule has 0 atom stereocenters. The maximum atomic E-state index is 11.6. The van der Waals surface area contributed by atoms with E-state index in [1.54, 1.807) is 23.7 Å². The SMILES string of the molecule is Nc1nc(CC(=O)NCc2cccnn2)cs1. The number of carbonyl (C=O) groups is 1. The van der Waals surface area contributed by atoms with Gasteiger partial charge < -0.3 is 11.1 Å². The molecule has 0 bridgehead atoms. The molecule has 2 aromatic rings. The van der Waals surface area contributed by atoms with Crippen LogP contribution in [0.4, 0.5) is 5.13 Å². The average Bonchev–Trinajstić information content (AvgIpc) is 2.73. The lowest BCUT2D eigenvalue weighted by Crippen LogP contribution is -2.25. The first-order chi connectivity index (χ1) is 8.24. The predicted octanol–water partition coefficient (Wildman–Crippen LogP) is 0.374. The summed E-state index contributed by atoms with van der Waals surface area (Å²) < 4.78 is 0. The molecule has 0 aromatic carbocycles. The number of amides is 1. The van der Waals surface area contributed by atoms with Crippen LogP contribution in [0.25, 0.3) is 0 Å². The van der Waals surface area contributed by atoms with Crippen LogP contribution < -0.4 is 11.1 Å². The van der Waals surface area contributed by atoms with Gasteiger partial charge in [-0.3, -0.25) is 4.79 Å². The van der Waals surface area contributed by atoms with E-state index in [1.165, 1.54) is 11.3 Å². The smallest absolute Gasteiger partial charge is 0.226 e. The first-order valence-corrected chi connectivity index (χ1v) is 5.85. The second-order valence-electron chi connectivity index (χ2n) is 3.35. The van der Waals surface area contributed by atoms with Crippen molar-refractivity contribution in [2.75, 3.05) is 5.73 Å². The van der Waals surface area contributed by atoms with Gasteiger partial charge in [0, 0.05) is 11.6 Å². The van der Waals surface area contributed by atoms with Crippen molar-refractivity contribution >= 4 is 22.4 Å². The fourth-order valence-corrected chi connectivity index (χ4v) is 1.81. The topological polar surface area (TPSA) is 93.8 Å². The summed E-state index contributed by atoms with van der Waals surface area (Å²) in [6, 6.07) is 3.57. The Labute approximate surface area is 102 Å². The molecule has 2 heterocycles. The number of aromatic nitrogens is 3. The summed E-state index contributed by atoms with van der Waals surface area (Å²) in [5.74, 6) is -0.110. The van der Waals surface area contributed by atoms with E-state index >= 15 is 0 Å². The van der Waals surface area contributed by atoms with E-state index in [0.717, 1.165) is 5.69 Å². The summed E-state index contributed by atoms with van der Waals surface area (Å²) >= 11 is 1.33. The summed E-state index contributed by atoms with van der Waals surface area (Å²) in [7, 11) is 0. The number of hydrogen-bond donors (Lipinski definition) is 2. The third kappa shape index (κ3) is 3.49.